The minimum absolute atomic E-state index is 0.188. The second-order valence-corrected chi connectivity index (χ2v) is 13.4. The standard InChI is InChI=1S/C46H31N3/c1-46(2)39-15-7-13-37(28-47)43(39)44-38(14-8-16-40(44)46)31-19-21-32(22-20-31)41-27-42(35-23-17-29-9-3-5-11-33(29)25-35)49-45(48-41)36-24-18-30-10-4-6-12-34(30)26-36/h3-27H,1-2H3. The van der Waals surface area contributed by atoms with Crippen LogP contribution in [0.4, 0.5) is 0 Å². The molecule has 0 amide bonds. The second-order valence-electron chi connectivity index (χ2n) is 13.4. The van der Waals surface area contributed by atoms with Gasteiger partial charge in [0.2, 0.25) is 0 Å². The van der Waals surface area contributed by atoms with E-state index < -0.39 is 0 Å². The molecule has 0 atom stereocenters. The van der Waals surface area contributed by atoms with Gasteiger partial charge in [-0.1, -0.05) is 141 Å². The van der Waals surface area contributed by atoms with Crippen LogP contribution in [0.3, 0.4) is 0 Å². The van der Waals surface area contributed by atoms with Gasteiger partial charge >= 0.3 is 0 Å². The summed E-state index contributed by atoms with van der Waals surface area (Å²) in [6, 6.07) is 55.6. The number of fused-ring (bicyclic) bond motifs is 5. The summed E-state index contributed by atoms with van der Waals surface area (Å²) in [5.74, 6) is 0.694. The van der Waals surface area contributed by atoms with Crippen molar-refractivity contribution >= 4 is 21.5 Å². The molecule has 1 heterocycles. The summed E-state index contributed by atoms with van der Waals surface area (Å²) in [5.41, 5.74) is 12.2. The molecular formula is C46H31N3. The van der Waals surface area contributed by atoms with Crippen molar-refractivity contribution in [3.8, 4) is 62.2 Å². The molecule has 1 aromatic heterocycles. The summed E-state index contributed by atoms with van der Waals surface area (Å²) in [7, 11) is 0. The zero-order valence-corrected chi connectivity index (χ0v) is 27.3. The highest BCUT2D eigenvalue weighted by atomic mass is 14.9. The number of hydrogen-bond acceptors (Lipinski definition) is 3. The van der Waals surface area contributed by atoms with E-state index in [2.05, 4.69) is 159 Å². The first-order valence-electron chi connectivity index (χ1n) is 16.6. The molecule has 8 aromatic rings. The SMILES string of the molecule is CC1(C)c2cccc(C#N)c2-c2c(-c3ccc(-c4cc(-c5ccc6ccccc6c5)nc(-c5ccc6ccccc6c5)n4)cc3)cccc21. The van der Waals surface area contributed by atoms with Crippen LogP contribution in [-0.2, 0) is 5.41 Å². The van der Waals surface area contributed by atoms with Crippen LogP contribution in [0, 0.1) is 11.3 Å². The highest BCUT2D eigenvalue weighted by Crippen LogP contribution is 2.53. The van der Waals surface area contributed by atoms with Crippen molar-refractivity contribution in [3.63, 3.8) is 0 Å². The third kappa shape index (κ3) is 4.73. The third-order valence-corrected chi connectivity index (χ3v) is 10.1. The summed E-state index contributed by atoms with van der Waals surface area (Å²) in [6.45, 7) is 4.50. The monoisotopic (exact) mass is 625 g/mol. The quantitative estimate of drug-likeness (QED) is 0.195. The van der Waals surface area contributed by atoms with Gasteiger partial charge < -0.3 is 0 Å². The fourth-order valence-electron chi connectivity index (χ4n) is 7.53. The van der Waals surface area contributed by atoms with Crippen LogP contribution in [0.2, 0.25) is 0 Å². The van der Waals surface area contributed by atoms with Gasteiger partial charge in [-0.2, -0.15) is 5.26 Å². The lowest BCUT2D eigenvalue weighted by Crippen LogP contribution is -2.14. The van der Waals surface area contributed by atoms with Crippen LogP contribution in [0.5, 0.6) is 0 Å². The van der Waals surface area contributed by atoms with Crippen LogP contribution in [0.15, 0.2) is 152 Å². The van der Waals surface area contributed by atoms with Crippen molar-refractivity contribution < 1.29 is 0 Å². The average molecular weight is 626 g/mol. The number of rotatable bonds is 4. The molecular weight excluding hydrogens is 595 g/mol. The fraction of sp³-hybridized carbons (Fsp3) is 0.0652. The molecule has 0 spiro atoms. The number of nitriles is 1. The molecule has 9 rings (SSSR count). The number of aromatic nitrogens is 2. The maximum Gasteiger partial charge on any atom is 0.160 e. The minimum Gasteiger partial charge on any atom is -0.228 e. The Labute approximate surface area is 285 Å². The van der Waals surface area contributed by atoms with E-state index in [0.29, 0.717) is 5.82 Å². The first-order valence-corrected chi connectivity index (χ1v) is 16.6. The van der Waals surface area contributed by atoms with Crippen molar-refractivity contribution in [3.05, 3.63) is 168 Å². The Morgan fingerprint density at radius 3 is 1.67 bits per heavy atom. The molecule has 0 saturated carbocycles. The van der Waals surface area contributed by atoms with Crippen LogP contribution in [-0.4, -0.2) is 9.97 Å². The van der Waals surface area contributed by atoms with Gasteiger partial charge in [0.05, 0.1) is 23.0 Å². The van der Waals surface area contributed by atoms with Crippen LogP contribution < -0.4 is 0 Å². The molecule has 0 unspecified atom stereocenters. The lowest BCUT2D eigenvalue weighted by molar-refractivity contribution is 0.660. The van der Waals surface area contributed by atoms with Crippen LogP contribution in [0.1, 0.15) is 30.5 Å². The predicted molar refractivity (Wildman–Crippen MR) is 201 cm³/mol. The molecule has 7 aromatic carbocycles. The molecule has 230 valence electrons. The maximum atomic E-state index is 10.1. The summed E-state index contributed by atoms with van der Waals surface area (Å²) >= 11 is 0. The smallest absolute Gasteiger partial charge is 0.160 e. The molecule has 0 bridgehead atoms. The molecule has 0 aliphatic heterocycles. The predicted octanol–water partition coefficient (Wildman–Crippen LogP) is 11.6. The van der Waals surface area contributed by atoms with Gasteiger partial charge in [-0.3, -0.25) is 0 Å². The lowest BCUT2D eigenvalue weighted by atomic mass is 9.82. The Bertz CT molecular complexity index is 2540. The molecule has 1 aliphatic rings. The van der Waals surface area contributed by atoms with E-state index in [9.17, 15) is 5.26 Å². The molecule has 0 radical (unpaired) electrons. The van der Waals surface area contributed by atoms with Gasteiger partial charge in [0.1, 0.15) is 0 Å². The van der Waals surface area contributed by atoms with Gasteiger partial charge in [0, 0.05) is 27.7 Å². The molecule has 0 saturated heterocycles. The van der Waals surface area contributed by atoms with Crippen LogP contribution in [0.25, 0.3) is 77.7 Å². The fourth-order valence-corrected chi connectivity index (χ4v) is 7.53. The highest BCUT2D eigenvalue weighted by Gasteiger charge is 2.38. The second kappa shape index (κ2) is 11.1. The van der Waals surface area contributed by atoms with Crippen molar-refractivity contribution in [1.82, 2.24) is 9.97 Å². The first-order chi connectivity index (χ1) is 24.0. The Morgan fingerprint density at radius 1 is 0.469 bits per heavy atom. The van der Waals surface area contributed by atoms with E-state index in [1.807, 2.05) is 12.1 Å². The van der Waals surface area contributed by atoms with Gasteiger partial charge in [0.15, 0.2) is 5.82 Å². The normalized spacial score (nSPS) is 12.8. The van der Waals surface area contributed by atoms with Gasteiger partial charge in [-0.15, -0.1) is 0 Å². The molecule has 0 N–H and O–H groups in total. The summed E-state index contributed by atoms with van der Waals surface area (Å²) in [4.78, 5) is 10.3. The largest absolute Gasteiger partial charge is 0.228 e. The Balaban J connectivity index is 1.18. The molecule has 0 fully saturated rings. The topological polar surface area (TPSA) is 49.6 Å². The summed E-state index contributed by atoms with van der Waals surface area (Å²) in [5, 5.41) is 14.8. The number of nitrogens with zero attached hydrogens (tertiary/aromatic N) is 3. The number of benzene rings is 7. The average Bonchev–Trinajstić information content (AvgIpc) is 3.40. The van der Waals surface area contributed by atoms with E-state index in [1.54, 1.807) is 0 Å². The minimum atomic E-state index is -0.188. The van der Waals surface area contributed by atoms with Crippen molar-refractivity contribution in [2.75, 3.05) is 0 Å². The van der Waals surface area contributed by atoms with Crippen LogP contribution >= 0.6 is 0 Å². The van der Waals surface area contributed by atoms with E-state index in [1.165, 1.54) is 27.3 Å². The highest BCUT2D eigenvalue weighted by molar-refractivity contribution is 5.95. The van der Waals surface area contributed by atoms with Gasteiger partial charge in [-0.05, 0) is 73.6 Å². The van der Waals surface area contributed by atoms with Crippen molar-refractivity contribution in [2.45, 2.75) is 19.3 Å². The summed E-state index contributed by atoms with van der Waals surface area (Å²) < 4.78 is 0. The maximum absolute atomic E-state index is 10.1. The summed E-state index contributed by atoms with van der Waals surface area (Å²) in [6.07, 6.45) is 0. The molecule has 1 aliphatic carbocycles. The Hall–Kier alpha value is -6.37. The Kier molecular flexibility index (Phi) is 6.54. The first kappa shape index (κ1) is 28.8. The molecule has 3 heteroatoms. The van der Waals surface area contributed by atoms with E-state index >= 15 is 0 Å². The van der Waals surface area contributed by atoms with E-state index in [-0.39, 0.29) is 5.41 Å². The van der Waals surface area contributed by atoms with Crippen molar-refractivity contribution in [2.24, 2.45) is 0 Å². The van der Waals surface area contributed by atoms with Gasteiger partial charge in [-0.25, -0.2) is 9.97 Å². The third-order valence-electron chi connectivity index (χ3n) is 10.1. The zero-order chi connectivity index (χ0) is 33.1. The Morgan fingerprint density at radius 2 is 1.00 bits per heavy atom. The molecule has 49 heavy (non-hydrogen) atoms. The van der Waals surface area contributed by atoms with E-state index in [0.717, 1.165) is 61.3 Å². The zero-order valence-electron chi connectivity index (χ0n) is 27.3. The lowest BCUT2D eigenvalue weighted by Gasteiger charge is -2.21. The van der Waals surface area contributed by atoms with Gasteiger partial charge in [0.25, 0.3) is 0 Å². The van der Waals surface area contributed by atoms with E-state index in [4.69, 9.17) is 9.97 Å². The number of hydrogen-bond donors (Lipinski definition) is 0. The van der Waals surface area contributed by atoms with Crippen molar-refractivity contribution in [1.29, 1.82) is 5.26 Å². The molecule has 3 nitrogen and oxygen atoms in total.